The average molecular weight is 1020 g/mol. The zero-order chi connectivity index (χ0) is 46.7. The summed E-state index contributed by atoms with van der Waals surface area (Å²) in [5, 5.41) is 23.6. The third-order valence-electron chi connectivity index (χ3n) is 11.7. The molecule has 12 heterocycles. The van der Waals surface area contributed by atoms with Crippen molar-refractivity contribution in [3.05, 3.63) is 157 Å². The van der Waals surface area contributed by atoms with E-state index in [4.69, 9.17) is 69.6 Å². The van der Waals surface area contributed by atoms with Gasteiger partial charge in [0.2, 0.25) is 0 Å². The molecule has 3 aliphatic heterocycles. The molecule has 3 aliphatic rings. The number of hydrogen-bond acceptors (Lipinski definition) is 9. The molecule has 67 heavy (non-hydrogen) atoms. The summed E-state index contributed by atoms with van der Waals surface area (Å²) in [5.41, 5.74) is 4.17. The van der Waals surface area contributed by atoms with E-state index in [1.807, 2.05) is 45.5 Å². The molecule has 1 unspecified atom stereocenters. The largest absolute Gasteiger partial charge is 0.348 e. The first-order chi connectivity index (χ1) is 32.3. The van der Waals surface area contributed by atoms with Gasteiger partial charge in [-0.05, 0) is 55.5 Å². The minimum absolute atomic E-state index is 0.00937. The number of hydrogen-bond donors (Lipinski definition) is 0. The Morgan fingerprint density at radius 2 is 1.06 bits per heavy atom. The van der Waals surface area contributed by atoms with Crippen LogP contribution in [0.25, 0.3) is 16.6 Å². The average Bonchev–Trinajstić information content (AvgIpc) is 4.17. The fourth-order valence-corrected chi connectivity index (χ4v) is 9.84. The number of nitrogens with zero attached hydrogens (tertiary/aromatic N) is 15. The molecule has 342 valence electrons. The molecule has 0 saturated carbocycles. The predicted molar refractivity (Wildman–Crippen MR) is 251 cm³/mol. The van der Waals surface area contributed by atoms with Gasteiger partial charge in [0.25, 0.3) is 17.7 Å². The van der Waals surface area contributed by atoms with E-state index >= 15 is 0 Å². The lowest BCUT2D eigenvalue weighted by molar-refractivity contribution is 0.0636. The van der Waals surface area contributed by atoms with E-state index in [0.717, 1.165) is 30.4 Å². The van der Waals surface area contributed by atoms with E-state index in [2.05, 4.69) is 35.0 Å². The van der Waals surface area contributed by atoms with Crippen molar-refractivity contribution in [3.8, 4) is 0 Å². The summed E-state index contributed by atoms with van der Waals surface area (Å²) in [4.78, 5) is 47.6. The fraction of sp³-hybridized carbons (Fsp3) is 0.233. The first-order valence-electron chi connectivity index (χ1n) is 20.7. The van der Waals surface area contributed by atoms with E-state index in [1.54, 1.807) is 81.8 Å². The van der Waals surface area contributed by atoms with Crippen LogP contribution in [0, 0.1) is 0 Å². The molecular weight excluding hydrogens is 987 g/mol. The number of fused-ring (bicyclic) bond motifs is 6. The second-order valence-corrected chi connectivity index (χ2v) is 18.4. The minimum Gasteiger partial charge on any atom is -0.348 e. The van der Waals surface area contributed by atoms with Crippen LogP contribution in [-0.4, -0.2) is 110 Å². The van der Waals surface area contributed by atoms with Gasteiger partial charge in [-0.1, -0.05) is 69.6 Å². The van der Waals surface area contributed by atoms with Gasteiger partial charge in [-0.25, -0.2) is 18.5 Å². The summed E-state index contributed by atoms with van der Waals surface area (Å²) < 4.78 is 10.8. The molecule has 0 aromatic carbocycles. The molecule has 9 aromatic heterocycles. The number of pyridine rings is 3. The zero-order valence-corrected chi connectivity index (χ0v) is 39.6. The van der Waals surface area contributed by atoms with Crippen molar-refractivity contribution in [2.75, 3.05) is 19.6 Å². The molecule has 0 spiro atoms. The molecule has 1 atom stereocenters. The van der Waals surface area contributed by atoms with E-state index in [-0.39, 0.29) is 23.8 Å². The summed E-state index contributed by atoms with van der Waals surface area (Å²) in [7, 11) is 0. The predicted octanol–water partition coefficient (Wildman–Crippen LogP) is 8.04. The Balaban J connectivity index is 0.000000118. The SMILES string of the molecule is CC1c2cccn2CCN1C(=O)c1cc2c(Cl)cc(Cl)cn2n1.O=C(c1cc2c(Cl)cc(Cl)cn2n1)N1CCn2ccnc2C1.O=C(c1cc2c(Cl)cc(Cl)cn2n1)N1CCn2cnnc2C1. The molecular formula is C43H35Cl6N15O3. The molecule has 0 saturated heterocycles. The van der Waals surface area contributed by atoms with E-state index < -0.39 is 0 Å². The van der Waals surface area contributed by atoms with Gasteiger partial charge in [-0.3, -0.25) is 14.4 Å². The highest BCUT2D eigenvalue weighted by molar-refractivity contribution is 6.38. The summed E-state index contributed by atoms with van der Waals surface area (Å²) >= 11 is 36.3. The van der Waals surface area contributed by atoms with Gasteiger partial charge >= 0.3 is 0 Å². The quantitative estimate of drug-likeness (QED) is 0.170. The molecule has 9 aromatic rings. The monoisotopic (exact) mass is 1020 g/mol. The molecule has 24 heteroatoms. The number of rotatable bonds is 3. The molecule has 0 N–H and O–H groups in total. The zero-order valence-electron chi connectivity index (χ0n) is 35.1. The Bertz CT molecular complexity index is 3240. The Morgan fingerprint density at radius 3 is 1.61 bits per heavy atom. The van der Waals surface area contributed by atoms with Gasteiger partial charge in [0.05, 0.1) is 65.8 Å². The summed E-state index contributed by atoms with van der Waals surface area (Å²) in [6.45, 7) is 7.01. The van der Waals surface area contributed by atoms with E-state index in [9.17, 15) is 14.4 Å². The van der Waals surface area contributed by atoms with Crippen LogP contribution < -0.4 is 0 Å². The maximum Gasteiger partial charge on any atom is 0.275 e. The number of carbonyl (C=O) groups is 3. The normalized spacial score (nSPS) is 15.4. The summed E-state index contributed by atoms with van der Waals surface area (Å²) in [6.07, 6.45) is 12.3. The smallest absolute Gasteiger partial charge is 0.275 e. The van der Waals surface area contributed by atoms with Crippen molar-refractivity contribution in [2.24, 2.45) is 0 Å². The highest BCUT2D eigenvalue weighted by Crippen LogP contribution is 2.29. The molecule has 0 fully saturated rings. The number of halogens is 6. The lowest BCUT2D eigenvalue weighted by Gasteiger charge is -2.34. The van der Waals surface area contributed by atoms with Crippen molar-refractivity contribution in [3.63, 3.8) is 0 Å². The number of aromatic nitrogens is 12. The Kier molecular flexibility index (Phi) is 12.1. The topological polar surface area (TPSA) is 166 Å². The van der Waals surface area contributed by atoms with Gasteiger partial charge in [-0.15, -0.1) is 10.2 Å². The van der Waals surface area contributed by atoms with Gasteiger partial charge in [0.1, 0.15) is 12.2 Å². The van der Waals surface area contributed by atoms with Gasteiger partial charge in [0.15, 0.2) is 22.9 Å². The third-order valence-corrected chi connectivity index (χ3v) is 13.2. The standard InChI is InChI=1S/C16H14Cl2N4O.C14H11Cl2N5O.C13H10Cl2N6O/c1-10-14-3-2-4-20(14)5-6-21(10)16(23)13-8-15-12(18)7-11(17)9-22(15)19-13;15-9-5-10(16)12-6-11(18-21(12)7-9)14(22)20-4-3-19-2-1-17-13(19)8-20;14-8-3-9(15)11-4-10(18-21(11)5-8)13(22)19-1-2-20-7-16-17-12(20)6-19/h2-4,7-10H,5-6H2,1H3;1-2,5-7H,3-4,8H2;3-5,7H,1-2,6H2. The Morgan fingerprint density at radius 1 is 0.567 bits per heavy atom. The van der Waals surface area contributed by atoms with Crippen LogP contribution in [0.4, 0.5) is 0 Å². The molecule has 0 aliphatic carbocycles. The van der Waals surface area contributed by atoms with Gasteiger partial charge in [0, 0.05) is 82.1 Å². The maximum absolute atomic E-state index is 12.9. The van der Waals surface area contributed by atoms with Crippen LogP contribution in [0.5, 0.6) is 0 Å². The number of imidazole rings is 1. The molecule has 0 bridgehead atoms. The highest BCUT2D eigenvalue weighted by atomic mass is 35.5. The van der Waals surface area contributed by atoms with Crippen molar-refractivity contribution in [1.29, 1.82) is 0 Å². The second-order valence-electron chi connectivity index (χ2n) is 15.8. The second kappa shape index (κ2) is 18.2. The van der Waals surface area contributed by atoms with Gasteiger partial charge in [-0.2, -0.15) is 15.3 Å². The lowest BCUT2D eigenvalue weighted by atomic mass is 10.1. The number of amides is 3. The highest BCUT2D eigenvalue weighted by Gasteiger charge is 2.30. The van der Waals surface area contributed by atoms with Gasteiger partial charge < -0.3 is 28.4 Å². The Hall–Kier alpha value is -6.15. The van der Waals surface area contributed by atoms with Crippen molar-refractivity contribution >= 4 is 104 Å². The molecule has 3 amide bonds. The van der Waals surface area contributed by atoms with Crippen molar-refractivity contribution in [2.45, 2.75) is 45.7 Å². The van der Waals surface area contributed by atoms with E-state index in [1.165, 1.54) is 9.03 Å². The minimum atomic E-state index is -0.162. The van der Waals surface area contributed by atoms with Crippen LogP contribution in [0.15, 0.2) is 92.0 Å². The van der Waals surface area contributed by atoms with Crippen LogP contribution in [-0.2, 0) is 32.7 Å². The first kappa shape index (κ1) is 44.7. The Labute approximate surface area is 410 Å². The summed E-state index contributed by atoms with van der Waals surface area (Å²) in [5.74, 6) is 1.25. The van der Waals surface area contributed by atoms with Crippen LogP contribution in [0.2, 0.25) is 30.1 Å². The van der Waals surface area contributed by atoms with Crippen LogP contribution >= 0.6 is 69.6 Å². The molecule has 0 radical (unpaired) electrons. The number of carbonyl (C=O) groups excluding carboxylic acids is 3. The fourth-order valence-electron chi connectivity index (χ4n) is 8.29. The van der Waals surface area contributed by atoms with Crippen molar-refractivity contribution < 1.29 is 14.4 Å². The summed E-state index contributed by atoms with van der Waals surface area (Å²) in [6, 6.07) is 14.0. The van der Waals surface area contributed by atoms with Crippen LogP contribution in [0.1, 0.15) is 61.8 Å². The first-order valence-corrected chi connectivity index (χ1v) is 23.0. The lowest BCUT2D eigenvalue weighted by Crippen LogP contribution is -2.40. The molecule has 18 nitrogen and oxygen atoms in total. The third kappa shape index (κ3) is 8.80. The molecule has 12 rings (SSSR count). The maximum atomic E-state index is 12.9. The van der Waals surface area contributed by atoms with Crippen LogP contribution in [0.3, 0.4) is 0 Å². The van der Waals surface area contributed by atoms with E-state index in [0.29, 0.717) is 103 Å². The van der Waals surface area contributed by atoms with Crippen molar-refractivity contribution in [1.82, 2.24) is 72.4 Å².